The first-order chi connectivity index (χ1) is 11.6. The van der Waals surface area contributed by atoms with Gasteiger partial charge in [0.1, 0.15) is 5.52 Å². The molecule has 2 aromatic rings. The lowest BCUT2D eigenvalue weighted by atomic mass is 10.3. The number of rotatable bonds is 10. The van der Waals surface area contributed by atoms with E-state index in [0.717, 1.165) is 37.3 Å². The van der Waals surface area contributed by atoms with E-state index in [2.05, 4.69) is 60.6 Å². The molecule has 0 unspecified atom stereocenters. The van der Waals surface area contributed by atoms with Gasteiger partial charge in [-0.3, -0.25) is 4.90 Å². The molecule has 0 aliphatic heterocycles. The molecule has 0 amide bonds. The van der Waals surface area contributed by atoms with Crippen LogP contribution in [0.3, 0.4) is 0 Å². The second kappa shape index (κ2) is 8.54. The molecule has 0 bridgehead atoms. The molecule has 0 aliphatic rings. The Morgan fingerprint density at radius 3 is 2.04 bits per heavy atom. The molecule has 0 saturated carbocycles. The van der Waals surface area contributed by atoms with Crippen LogP contribution in [0.25, 0.3) is 11.0 Å². The summed E-state index contributed by atoms with van der Waals surface area (Å²) < 4.78 is 14.0. The van der Waals surface area contributed by atoms with Crippen molar-refractivity contribution in [1.29, 1.82) is 0 Å². The highest BCUT2D eigenvalue weighted by Gasteiger charge is 2.17. The molecule has 0 fully saturated rings. The summed E-state index contributed by atoms with van der Waals surface area (Å²) in [7, 11) is -2.99. The van der Waals surface area contributed by atoms with Gasteiger partial charge in [-0.25, -0.2) is 4.68 Å². The minimum absolute atomic E-state index is 0.699. The maximum atomic E-state index is 6.03. The lowest BCUT2D eigenvalue weighted by Gasteiger charge is -2.26. The third kappa shape index (κ3) is 7.37. The largest absolute Gasteiger partial charge is 0.416 e. The summed E-state index contributed by atoms with van der Waals surface area (Å²) in [6.45, 7) is 17.2. The van der Waals surface area contributed by atoms with Gasteiger partial charge in [-0.05, 0) is 51.4 Å². The molecule has 1 aromatic carbocycles. The summed E-state index contributed by atoms with van der Waals surface area (Å²) in [4.78, 5) is 2.33. The summed E-state index contributed by atoms with van der Waals surface area (Å²) in [6.07, 6.45) is 0. The van der Waals surface area contributed by atoms with Crippen LogP contribution in [0.4, 0.5) is 0 Å². The van der Waals surface area contributed by atoms with Crippen LogP contribution in [0.2, 0.25) is 39.3 Å². The van der Waals surface area contributed by atoms with Gasteiger partial charge in [-0.1, -0.05) is 17.3 Å². The average molecular weight is 381 g/mol. The quantitative estimate of drug-likeness (QED) is 0.591. The van der Waals surface area contributed by atoms with Crippen molar-refractivity contribution in [3.05, 3.63) is 24.3 Å². The lowest BCUT2D eigenvalue weighted by Crippen LogP contribution is -2.38. The third-order valence-corrected chi connectivity index (χ3v) is 5.78. The standard InChI is InChI=1S/C17H32N4O2Si2/c1-24(2,3)22-13-11-20(12-14-23-25(4,5)6)15-21-17-10-8-7-9-16(17)18-19-21/h7-10H,11-15H2,1-6H3. The first-order valence-electron chi connectivity index (χ1n) is 8.93. The van der Waals surface area contributed by atoms with E-state index < -0.39 is 16.6 Å². The molecular weight excluding hydrogens is 348 g/mol. The number of fused-ring (bicyclic) bond motifs is 1. The van der Waals surface area contributed by atoms with Crippen molar-refractivity contribution in [2.45, 2.75) is 46.0 Å². The van der Waals surface area contributed by atoms with Gasteiger partial charge < -0.3 is 8.85 Å². The number of benzene rings is 1. The predicted molar refractivity (Wildman–Crippen MR) is 108 cm³/mol. The summed E-state index contributed by atoms with van der Waals surface area (Å²) in [5, 5.41) is 8.56. The predicted octanol–water partition coefficient (Wildman–Crippen LogP) is 3.39. The highest BCUT2D eigenvalue weighted by atomic mass is 28.4. The van der Waals surface area contributed by atoms with E-state index in [4.69, 9.17) is 8.85 Å². The first-order valence-corrected chi connectivity index (χ1v) is 15.7. The highest BCUT2D eigenvalue weighted by Crippen LogP contribution is 2.11. The van der Waals surface area contributed by atoms with E-state index in [9.17, 15) is 0 Å². The van der Waals surface area contributed by atoms with Crippen molar-refractivity contribution in [3.8, 4) is 0 Å². The molecule has 0 atom stereocenters. The summed E-state index contributed by atoms with van der Waals surface area (Å²) in [5.74, 6) is 0. The Morgan fingerprint density at radius 1 is 0.920 bits per heavy atom. The lowest BCUT2D eigenvalue weighted by molar-refractivity contribution is 0.139. The van der Waals surface area contributed by atoms with Gasteiger partial charge >= 0.3 is 0 Å². The number of hydrogen-bond acceptors (Lipinski definition) is 5. The molecular formula is C17H32N4O2Si2. The van der Waals surface area contributed by atoms with E-state index in [1.807, 2.05) is 22.9 Å². The minimum atomic E-state index is -1.49. The van der Waals surface area contributed by atoms with Gasteiger partial charge in [0.25, 0.3) is 0 Å². The van der Waals surface area contributed by atoms with Crippen molar-refractivity contribution in [2.24, 2.45) is 0 Å². The van der Waals surface area contributed by atoms with Gasteiger partial charge in [0.2, 0.25) is 0 Å². The van der Waals surface area contributed by atoms with E-state index in [0.29, 0.717) is 6.67 Å². The maximum Gasteiger partial charge on any atom is 0.183 e. The van der Waals surface area contributed by atoms with Crippen molar-refractivity contribution >= 4 is 27.7 Å². The molecule has 6 nitrogen and oxygen atoms in total. The molecule has 0 radical (unpaired) electrons. The van der Waals surface area contributed by atoms with E-state index in [1.165, 1.54) is 0 Å². The molecule has 2 rings (SSSR count). The summed E-state index contributed by atoms with van der Waals surface area (Å²) in [6, 6.07) is 8.06. The normalized spacial score (nSPS) is 13.1. The molecule has 8 heteroatoms. The van der Waals surface area contributed by atoms with Gasteiger partial charge in [-0.15, -0.1) is 5.10 Å². The van der Waals surface area contributed by atoms with E-state index in [1.54, 1.807) is 0 Å². The molecule has 140 valence electrons. The van der Waals surface area contributed by atoms with Crippen molar-refractivity contribution in [3.63, 3.8) is 0 Å². The average Bonchev–Trinajstić information content (AvgIpc) is 2.88. The Hall–Kier alpha value is -1.07. The molecule has 0 N–H and O–H groups in total. The van der Waals surface area contributed by atoms with Crippen LogP contribution < -0.4 is 0 Å². The Kier molecular flexibility index (Phi) is 6.92. The van der Waals surface area contributed by atoms with Gasteiger partial charge in [-0.2, -0.15) is 0 Å². The molecule has 0 saturated heterocycles. The number of hydrogen-bond donors (Lipinski definition) is 0. The Balaban J connectivity index is 1.99. The zero-order chi connectivity index (χ0) is 18.5. The molecule has 0 aliphatic carbocycles. The van der Waals surface area contributed by atoms with Crippen LogP contribution in [0, 0.1) is 0 Å². The van der Waals surface area contributed by atoms with Gasteiger partial charge in [0.05, 0.1) is 12.2 Å². The second-order valence-electron chi connectivity index (χ2n) is 8.26. The summed E-state index contributed by atoms with van der Waals surface area (Å²) >= 11 is 0. The smallest absolute Gasteiger partial charge is 0.183 e. The summed E-state index contributed by atoms with van der Waals surface area (Å²) in [5.41, 5.74) is 1.99. The second-order valence-corrected chi connectivity index (χ2v) is 17.3. The molecule has 25 heavy (non-hydrogen) atoms. The molecule has 1 heterocycles. The van der Waals surface area contributed by atoms with E-state index in [-0.39, 0.29) is 0 Å². The Bertz CT molecular complexity index is 644. The van der Waals surface area contributed by atoms with Crippen molar-refractivity contribution in [2.75, 3.05) is 26.3 Å². The fourth-order valence-electron chi connectivity index (χ4n) is 2.43. The number of aromatic nitrogens is 3. The van der Waals surface area contributed by atoms with Gasteiger partial charge in [0, 0.05) is 26.3 Å². The fourth-order valence-corrected chi connectivity index (χ4v) is 3.83. The SMILES string of the molecule is C[Si](C)(C)OCCN(CCO[Si](C)(C)C)Cn1nnc2ccccc21. The van der Waals surface area contributed by atoms with Crippen LogP contribution in [0.1, 0.15) is 0 Å². The zero-order valence-corrected chi connectivity index (χ0v) is 18.5. The van der Waals surface area contributed by atoms with Gasteiger partial charge in [0.15, 0.2) is 16.6 Å². The minimum Gasteiger partial charge on any atom is -0.416 e. The topological polar surface area (TPSA) is 52.4 Å². The maximum absolute atomic E-state index is 6.03. The third-order valence-electron chi connectivity index (χ3n) is 3.64. The van der Waals surface area contributed by atoms with Crippen LogP contribution in [-0.2, 0) is 15.5 Å². The van der Waals surface area contributed by atoms with Crippen LogP contribution >= 0.6 is 0 Å². The number of nitrogens with zero attached hydrogens (tertiary/aromatic N) is 4. The fraction of sp³-hybridized carbons (Fsp3) is 0.647. The monoisotopic (exact) mass is 380 g/mol. The molecule has 1 aromatic heterocycles. The van der Waals surface area contributed by atoms with Crippen LogP contribution in [0.5, 0.6) is 0 Å². The zero-order valence-electron chi connectivity index (χ0n) is 16.5. The van der Waals surface area contributed by atoms with Crippen molar-refractivity contribution < 1.29 is 8.85 Å². The van der Waals surface area contributed by atoms with Crippen LogP contribution in [-0.4, -0.2) is 62.8 Å². The van der Waals surface area contributed by atoms with Crippen LogP contribution in [0.15, 0.2) is 24.3 Å². The van der Waals surface area contributed by atoms with E-state index >= 15 is 0 Å². The Labute approximate surface area is 153 Å². The molecule has 0 spiro atoms. The first kappa shape index (κ1) is 20.2. The highest BCUT2D eigenvalue weighted by molar-refractivity contribution is 6.70. The van der Waals surface area contributed by atoms with Crippen molar-refractivity contribution in [1.82, 2.24) is 19.9 Å². The number of para-hydroxylation sites is 1. The Morgan fingerprint density at radius 2 is 1.48 bits per heavy atom.